The lowest BCUT2D eigenvalue weighted by atomic mass is 9.76. The van der Waals surface area contributed by atoms with Gasteiger partial charge in [0.1, 0.15) is 0 Å². The smallest absolute Gasteiger partial charge is 0.0797 e. The maximum Gasteiger partial charge on any atom is 0.0797 e. The van der Waals surface area contributed by atoms with Crippen molar-refractivity contribution in [1.82, 2.24) is 14.8 Å². The van der Waals surface area contributed by atoms with E-state index in [1.165, 1.54) is 62.3 Å². The second-order valence-electron chi connectivity index (χ2n) is 7.86. The zero-order valence-corrected chi connectivity index (χ0v) is 15.5. The number of aromatic nitrogens is 1. The molecule has 23 heavy (non-hydrogen) atoms. The molecule has 0 spiro atoms. The van der Waals surface area contributed by atoms with E-state index >= 15 is 0 Å². The van der Waals surface area contributed by atoms with E-state index in [4.69, 9.17) is 0 Å². The number of thiazole rings is 1. The summed E-state index contributed by atoms with van der Waals surface area (Å²) >= 11 is 1.83. The summed E-state index contributed by atoms with van der Waals surface area (Å²) in [7, 11) is 2.29. The SMILES string of the molecule is Cc1ncsc1CCN1C2=C(CN(C)CC2)C2CC(C)CCC21. The number of rotatable bonds is 3. The van der Waals surface area contributed by atoms with Gasteiger partial charge in [-0.3, -0.25) is 0 Å². The Labute approximate surface area is 144 Å². The molecule has 1 aromatic rings. The first-order valence-electron chi connectivity index (χ1n) is 9.19. The third-order valence-electron chi connectivity index (χ3n) is 6.24. The van der Waals surface area contributed by atoms with Gasteiger partial charge in [-0.1, -0.05) is 6.92 Å². The molecule has 3 unspecified atom stereocenters. The molecule has 0 saturated heterocycles. The molecule has 2 aliphatic heterocycles. The summed E-state index contributed by atoms with van der Waals surface area (Å²) in [5.41, 5.74) is 6.74. The molecular formula is C19H29N3S. The highest BCUT2D eigenvalue weighted by molar-refractivity contribution is 7.09. The van der Waals surface area contributed by atoms with Gasteiger partial charge in [0.15, 0.2) is 0 Å². The molecule has 3 atom stereocenters. The molecule has 4 rings (SSSR count). The molecular weight excluding hydrogens is 302 g/mol. The molecule has 0 bridgehead atoms. The van der Waals surface area contributed by atoms with Gasteiger partial charge in [0.25, 0.3) is 0 Å². The third-order valence-corrected chi connectivity index (χ3v) is 7.23. The van der Waals surface area contributed by atoms with Crippen molar-refractivity contribution in [3.8, 4) is 0 Å². The van der Waals surface area contributed by atoms with E-state index in [-0.39, 0.29) is 0 Å². The lowest BCUT2D eigenvalue weighted by Crippen LogP contribution is -2.39. The van der Waals surface area contributed by atoms with Gasteiger partial charge in [-0.2, -0.15) is 0 Å². The van der Waals surface area contributed by atoms with Crippen LogP contribution in [0.5, 0.6) is 0 Å². The average Bonchev–Trinajstić information content (AvgIpc) is 3.06. The Hall–Kier alpha value is -0.870. The predicted molar refractivity (Wildman–Crippen MR) is 96.7 cm³/mol. The van der Waals surface area contributed by atoms with E-state index in [1.807, 2.05) is 16.8 Å². The highest BCUT2D eigenvalue weighted by atomic mass is 32.1. The van der Waals surface area contributed by atoms with Gasteiger partial charge in [0.05, 0.1) is 11.2 Å². The molecule has 0 radical (unpaired) electrons. The molecule has 3 nitrogen and oxygen atoms in total. The minimum atomic E-state index is 0.788. The minimum absolute atomic E-state index is 0.788. The first-order valence-corrected chi connectivity index (χ1v) is 10.1. The normalized spacial score (nSPS) is 31.4. The summed E-state index contributed by atoms with van der Waals surface area (Å²) in [6.45, 7) is 8.23. The maximum absolute atomic E-state index is 4.43. The van der Waals surface area contributed by atoms with Crippen LogP contribution >= 0.6 is 11.3 Å². The Morgan fingerprint density at radius 1 is 1.35 bits per heavy atom. The van der Waals surface area contributed by atoms with E-state index in [0.717, 1.165) is 17.9 Å². The minimum Gasteiger partial charge on any atom is -0.371 e. The lowest BCUT2D eigenvalue weighted by Gasteiger charge is -2.37. The molecule has 0 amide bonds. The van der Waals surface area contributed by atoms with Crippen LogP contribution in [0.1, 0.15) is 43.2 Å². The Morgan fingerprint density at radius 2 is 2.22 bits per heavy atom. The topological polar surface area (TPSA) is 19.4 Å². The van der Waals surface area contributed by atoms with Crippen LogP contribution in [-0.4, -0.2) is 47.5 Å². The second-order valence-corrected chi connectivity index (χ2v) is 8.80. The largest absolute Gasteiger partial charge is 0.371 e. The van der Waals surface area contributed by atoms with Crippen molar-refractivity contribution in [1.29, 1.82) is 0 Å². The summed E-state index contributed by atoms with van der Waals surface area (Å²) in [4.78, 5) is 11.2. The third kappa shape index (κ3) is 2.85. The maximum atomic E-state index is 4.43. The number of hydrogen-bond donors (Lipinski definition) is 0. The number of hydrogen-bond acceptors (Lipinski definition) is 4. The van der Waals surface area contributed by atoms with Crippen LogP contribution in [0.25, 0.3) is 0 Å². The van der Waals surface area contributed by atoms with Gasteiger partial charge >= 0.3 is 0 Å². The van der Waals surface area contributed by atoms with Crippen molar-refractivity contribution < 1.29 is 0 Å². The van der Waals surface area contributed by atoms with E-state index < -0.39 is 0 Å². The second kappa shape index (κ2) is 6.21. The van der Waals surface area contributed by atoms with Crippen molar-refractivity contribution in [2.24, 2.45) is 11.8 Å². The van der Waals surface area contributed by atoms with Crippen LogP contribution in [-0.2, 0) is 6.42 Å². The number of nitrogens with zero attached hydrogens (tertiary/aromatic N) is 3. The molecule has 1 fully saturated rings. The summed E-state index contributed by atoms with van der Waals surface area (Å²) in [6, 6.07) is 0.788. The van der Waals surface area contributed by atoms with Crippen LogP contribution in [0.3, 0.4) is 0 Å². The zero-order valence-electron chi connectivity index (χ0n) is 14.7. The number of aryl methyl sites for hydroxylation is 1. The van der Waals surface area contributed by atoms with Gasteiger partial charge in [0.2, 0.25) is 0 Å². The fourth-order valence-corrected chi connectivity index (χ4v) is 5.75. The molecule has 1 aromatic heterocycles. The Kier molecular flexibility index (Phi) is 4.22. The quantitative estimate of drug-likeness (QED) is 0.842. The zero-order chi connectivity index (χ0) is 16.0. The highest BCUT2D eigenvalue weighted by Gasteiger charge is 2.43. The first kappa shape index (κ1) is 15.6. The number of likely N-dealkylation sites (N-methyl/N-ethyl adjacent to an activating group) is 1. The van der Waals surface area contributed by atoms with E-state index in [1.54, 1.807) is 11.3 Å². The standard InChI is InChI=1S/C19H29N3S/c1-13-4-5-17-15(10-13)16-11-21(3)8-6-18(16)22(17)9-7-19-14(2)20-12-23-19/h12-13,15,17H,4-11H2,1-3H3. The highest BCUT2D eigenvalue weighted by Crippen LogP contribution is 2.46. The molecule has 3 heterocycles. The fraction of sp³-hybridized carbons (Fsp3) is 0.737. The van der Waals surface area contributed by atoms with Crippen LogP contribution in [0, 0.1) is 18.8 Å². The van der Waals surface area contributed by atoms with Crippen LogP contribution in [0.2, 0.25) is 0 Å². The molecule has 3 aliphatic rings. The van der Waals surface area contributed by atoms with Crippen LogP contribution in [0.4, 0.5) is 0 Å². The van der Waals surface area contributed by atoms with Gasteiger partial charge in [0, 0.05) is 55.0 Å². The summed E-state index contributed by atoms with van der Waals surface area (Å²) in [5.74, 6) is 1.74. The number of fused-ring (bicyclic) bond motifs is 2. The molecule has 0 N–H and O–H groups in total. The lowest BCUT2D eigenvalue weighted by molar-refractivity contribution is 0.162. The van der Waals surface area contributed by atoms with Gasteiger partial charge in [-0.05, 0) is 44.7 Å². The van der Waals surface area contributed by atoms with Crippen LogP contribution < -0.4 is 0 Å². The average molecular weight is 332 g/mol. The first-order chi connectivity index (χ1) is 11.1. The molecule has 1 aliphatic carbocycles. The van der Waals surface area contributed by atoms with Gasteiger partial charge in [-0.15, -0.1) is 11.3 Å². The Balaban J connectivity index is 1.56. The summed E-state index contributed by atoms with van der Waals surface area (Å²) in [5, 5.41) is 0. The van der Waals surface area contributed by atoms with Crippen molar-refractivity contribution >= 4 is 11.3 Å². The predicted octanol–water partition coefficient (Wildman–Crippen LogP) is 3.70. The molecule has 0 aromatic carbocycles. The van der Waals surface area contributed by atoms with Gasteiger partial charge in [-0.25, -0.2) is 4.98 Å². The fourth-order valence-electron chi connectivity index (χ4n) is 4.98. The molecule has 4 heteroatoms. The van der Waals surface area contributed by atoms with E-state index in [9.17, 15) is 0 Å². The summed E-state index contributed by atoms with van der Waals surface area (Å²) < 4.78 is 0. The van der Waals surface area contributed by atoms with Crippen LogP contribution in [0.15, 0.2) is 16.8 Å². The summed E-state index contributed by atoms with van der Waals surface area (Å²) in [6.07, 6.45) is 6.64. The molecule has 1 saturated carbocycles. The van der Waals surface area contributed by atoms with E-state index in [2.05, 4.69) is 35.7 Å². The molecule has 126 valence electrons. The van der Waals surface area contributed by atoms with Crippen molar-refractivity contribution in [3.63, 3.8) is 0 Å². The van der Waals surface area contributed by atoms with Crippen molar-refractivity contribution in [2.45, 2.75) is 52.0 Å². The Bertz CT molecular complexity index is 606. The Morgan fingerprint density at radius 3 is 3.00 bits per heavy atom. The van der Waals surface area contributed by atoms with E-state index in [0.29, 0.717) is 0 Å². The monoisotopic (exact) mass is 331 g/mol. The van der Waals surface area contributed by atoms with Crippen molar-refractivity contribution in [3.05, 3.63) is 27.4 Å². The van der Waals surface area contributed by atoms with Gasteiger partial charge < -0.3 is 9.80 Å². The van der Waals surface area contributed by atoms with Crippen molar-refractivity contribution in [2.75, 3.05) is 26.7 Å².